The first-order valence-electron chi connectivity index (χ1n) is 9.09. The number of nitrogens with zero attached hydrogens (tertiary/aromatic N) is 3. The monoisotopic (exact) mass is 404 g/mol. The largest absolute Gasteiger partial charge is 0.493 e. The predicted molar refractivity (Wildman–Crippen MR) is 117 cm³/mol. The molecule has 0 aliphatic heterocycles. The Hall–Kier alpha value is -3.45. The van der Waals surface area contributed by atoms with Gasteiger partial charge in [-0.2, -0.15) is 14.9 Å². The van der Waals surface area contributed by atoms with E-state index in [0.29, 0.717) is 22.7 Å². The van der Waals surface area contributed by atoms with E-state index in [1.807, 2.05) is 30.3 Å². The molecule has 0 unspecified atom stereocenters. The molecule has 0 fully saturated rings. The standard InChI is InChI=1S/C22H20N4O2S/c1-27-19-11-10-15(12-20(19)28-2)14-23-26-21(24-25-22(26)29)13-17-8-5-7-16-6-3-4-9-18(16)17/h3-12,14H,13H2,1-2H3,(H,25,29)/b23-14-. The Labute approximate surface area is 173 Å². The first kappa shape index (κ1) is 18.9. The molecule has 0 bridgehead atoms. The van der Waals surface area contributed by atoms with Crippen molar-refractivity contribution in [3.8, 4) is 11.5 Å². The molecule has 0 spiro atoms. The summed E-state index contributed by atoms with van der Waals surface area (Å²) in [7, 11) is 3.21. The lowest BCUT2D eigenvalue weighted by atomic mass is 10.0. The smallest absolute Gasteiger partial charge is 0.216 e. The molecule has 0 saturated carbocycles. The predicted octanol–water partition coefficient (Wildman–Crippen LogP) is 4.58. The van der Waals surface area contributed by atoms with Gasteiger partial charge in [-0.25, -0.2) is 0 Å². The van der Waals surface area contributed by atoms with Crippen LogP contribution in [0.25, 0.3) is 10.8 Å². The number of hydrogen-bond acceptors (Lipinski definition) is 5. The van der Waals surface area contributed by atoms with Crippen LogP contribution in [0.2, 0.25) is 0 Å². The minimum atomic E-state index is 0.442. The Balaban J connectivity index is 1.66. The molecule has 6 nitrogen and oxygen atoms in total. The molecule has 3 aromatic carbocycles. The normalized spacial score (nSPS) is 11.2. The van der Waals surface area contributed by atoms with Crippen molar-refractivity contribution >= 4 is 29.2 Å². The van der Waals surface area contributed by atoms with E-state index in [4.69, 9.17) is 21.7 Å². The van der Waals surface area contributed by atoms with Gasteiger partial charge in [-0.15, -0.1) is 0 Å². The van der Waals surface area contributed by atoms with E-state index >= 15 is 0 Å². The van der Waals surface area contributed by atoms with E-state index in [9.17, 15) is 0 Å². The van der Waals surface area contributed by atoms with Gasteiger partial charge in [0.1, 0.15) is 0 Å². The average molecular weight is 404 g/mol. The number of rotatable bonds is 6. The number of H-pyrrole nitrogens is 1. The second-order valence-electron chi connectivity index (χ2n) is 6.43. The van der Waals surface area contributed by atoms with Crippen molar-refractivity contribution in [1.29, 1.82) is 0 Å². The molecule has 1 N–H and O–H groups in total. The molecular formula is C22H20N4O2S. The lowest BCUT2D eigenvalue weighted by Gasteiger charge is -2.08. The highest BCUT2D eigenvalue weighted by Gasteiger charge is 2.09. The zero-order valence-corrected chi connectivity index (χ0v) is 16.9. The van der Waals surface area contributed by atoms with Gasteiger partial charge in [-0.1, -0.05) is 42.5 Å². The van der Waals surface area contributed by atoms with Gasteiger partial charge in [0, 0.05) is 6.42 Å². The molecule has 146 valence electrons. The number of methoxy groups -OCH3 is 2. The van der Waals surface area contributed by atoms with Crippen molar-refractivity contribution < 1.29 is 9.47 Å². The van der Waals surface area contributed by atoms with Gasteiger partial charge >= 0.3 is 0 Å². The molecule has 0 saturated heterocycles. The summed E-state index contributed by atoms with van der Waals surface area (Å²) >= 11 is 5.37. The molecule has 0 atom stereocenters. The SMILES string of the molecule is COc1ccc(/C=N\n2c(Cc3cccc4ccccc34)n[nH]c2=S)cc1OC. The summed E-state index contributed by atoms with van der Waals surface area (Å²) < 4.78 is 12.7. The Morgan fingerprint density at radius 3 is 2.66 bits per heavy atom. The first-order chi connectivity index (χ1) is 14.2. The average Bonchev–Trinajstić information content (AvgIpc) is 3.11. The van der Waals surface area contributed by atoms with Crippen LogP contribution in [0, 0.1) is 4.77 Å². The minimum Gasteiger partial charge on any atom is -0.493 e. The van der Waals surface area contributed by atoms with Crippen molar-refractivity contribution in [1.82, 2.24) is 14.9 Å². The van der Waals surface area contributed by atoms with Crippen LogP contribution in [-0.4, -0.2) is 35.3 Å². The number of nitrogens with one attached hydrogen (secondary N) is 1. The first-order valence-corrected chi connectivity index (χ1v) is 9.49. The maximum atomic E-state index is 5.37. The molecule has 0 aliphatic rings. The van der Waals surface area contributed by atoms with Crippen molar-refractivity contribution in [3.63, 3.8) is 0 Å². The highest BCUT2D eigenvalue weighted by molar-refractivity contribution is 7.71. The summed E-state index contributed by atoms with van der Waals surface area (Å²) in [4.78, 5) is 0. The quantitative estimate of drug-likeness (QED) is 0.377. The molecule has 4 rings (SSSR count). The van der Waals surface area contributed by atoms with Crippen LogP contribution >= 0.6 is 12.2 Å². The van der Waals surface area contributed by atoms with Gasteiger partial charge < -0.3 is 9.47 Å². The summed E-state index contributed by atoms with van der Waals surface area (Å²) in [5, 5.41) is 14.1. The molecule has 4 aromatic rings. The van der Waals surface area contributed by atoms with Crippen LogP contribution in [0.3, 0.4) is 0 Å². The fourth-order valence-corrected chi connectivity index (χ4v) is 3.43. The van der Waals surface area contributed by atoms with Gasteiger partial charge in [0.05, 0.1) is 20.4 Å². The van der Waals surface area contributed by atoms with Crippen molar-refractivity contribution in [2.45, 2.75) is 6.42 Å². The van der Waals surface area contributed by atoms with E-state index in [-0.39, 0.29) is 0 Å². The number of aromatic amines is 1. The fourth-order valence-electron chi connectivity index (χ4n) is 3.23. The summed E-state index contributed by atoms with van der Waals surface area (Å²) in [6, 6.07) is 20.1. The number of benzene rings is 3. The van der Waals surface area contributed by atoms with Crippen LogP contribution in [-0.2, 0) is 6.42 Å². The highest BCUT2D eigenvalue weighted by Crippen LogP contribution is 2.27. The van der Waals surface area contributed by atoms with Gasteiger partial charge in [0.25, 0.3) is 0 Å². The summed E-state index contributed by atoms with van der Waals surface area (Å²) in [5.41, 5.74) is 2.03. The molecule has 0 amide bonds. The van der Waals surface area contributed by atoms with E-state index in [1.54, 1.807) is 25.1 Å². The van der Waals surface area contributed by atoms with Crippen molar-refractivity contribution in [2.75, 3.05) is 14.2 Å². The summed E-state index contributed by atoms with van der Waals surface area (Å²) in [6.45, 7) is 0. The molecule has 0 aliphatic carbocycles. The summed E-state index contributed by atoms with van der Waals surface area (Å²) in [6.07, 6.45) is 2.33. The number of aromatic nitrogens is 3. The van der Waals surface area contributed by atoms with Crippen molar-refractivity contribution in [2.24, 2.45) is 5.10 Å². The van der Waals surface area contributed by atoms with Crippen LogP contribution in [0.4, 0.5) is 0 Å². The lowest BCUT2D eigenvalue weighted by Crippen LogP contribution is -2.01. The molecular weight excluding hydrogens is 384 g/mol. The van der Waals surface area contributed by atoms with E-state index in [1.165, 1.54) is 16.3 Å². The van der Waals surface area contributed by atoms with Crippen LogP contribution in [0.15, 0.2) is 65.8 Å². The maximum Gasteiger partial charge on any atom is 0.216 e. The zero-order valence-electron chi connectivity index (χ0n) is 16.1. The number of fused-ring (bicyclic) bond motifs is 1. The second kappa shape index (κ2) is 8.28. The van der Waals surface area contributed by atoms with Crippen LogP contribution in [0.1, 0.15) is 17.0 Å². The van der Waals surface area contributed by atoms with Gasteiger partial charge in [0.2, 0.25) is 4.77 Å². The van der Waals surface area contributed by atoms with E-state index in [2.05, 4.69) is 45.6 Å². The molecule has 0 radical (unpaired) electrons. The third kappa shape index (κ3) is 3.90. The van der Waals surface area contributed by atoms with Gasteiger partial charge in [-0.3, -0.25) is 5.10 Å². The molecule has 29 heavy (non-hydrogen) atoms. The van der Waals surface area contributed by atoms with Gasteiger partial charge in [-0.05, 0) is 52.3 Å². The van der Waals surface area contributed by atoms with Crippen LogP contribution in [0.5, 0.6) is 11.5 Å². The highest BCUT2D eigenvalue weighted by atomic mass is 32.1. The van der Waals surface area contributed by atoms with Crippen LogP contribution < -0.4 is 9.47 Å². The molecule has 7 heteroatoms. The second-order valence-corrected chi connectivity index (χ2v) is 6.82. The maximum absolute atomic E-state index is 5.37. The Morgan fingerprint density at radius 1 is 1.03 bits per heavy atom. The third-order valence-corrected chi connectivity index (χ3v) is 4.94. The fraction of sp³-hybridized carbons (Fsp3) is 0.136. The van der Waals surface area contributed by atoms with E-state index < -0.39 is 0 Å². The topological polar surface area (TPSA) is 64.4 Å². The summed E-state index contributed by atoms with van der Waals surface area (Å²) in [5.74, 6) is 2.05. The molecule has 1 heterocycles. The van der Waals surface area contributed by atoms with Crippen molar-refractivity contribution in [3.05, 3.63) is 82.4 Å². The number of ether oxygens (including phenoxy) is 2. The Kier molecular flexibility index (Phi) is 5.39. The molecule has 1 aromatic heterocycles. The third-order valence-electron chi connectivity index (χ3n) is 4.68. The lowest BCUT2D eigenvalue weighted by molar-refractivity contribution is 0.355. The zero-order chi connectivity index (χ0) is 20.2. The number of hydrogen-bond donors (Lipinski definition) is 1. The Morgan fingerprint density at radius 2 is 1.83 bits per heavy atom. The van der Waals surface area contributed by atoms with Gasteiger partial charge in [0.15, 0.2) is 17.3 Å². The Bertz CT molecular complexity index is 1240. The minimum absolute atomic E-state index is 0.442. The van der Waals surface area contributed by atoms with E-state index in [0.717, 1.165) is 11.4 Å².